The molecule has 3 amide bonds. The van der Waals surface area contributed by atoms with Gasteiger partial charge in [0.1, 0.15) is 93.1 Å². The van der Waals surface area contributed by atoms with E-state index in [1.807, 2.05) is 0 Å². The number of anilines is 3. The van der Waals surface area contributed by atoms with E-state index in [9.17, 15) is 80.2 Å². The zero-order chi connectivity index (χ0) is 60.1. The Kier molecular flexibility index (Phi) is 27.7. The zero-order valence-corrected chi connectivity index (χ0v) is 46.3. The number of rotatable bonds is 33. The number of carbonyl (C=O) groups is 3. The number of hydrogen-bond donors (Lipinski definition) is 15. The first-order valence-electron chi connectivity index (χ1n) is 27.0. The summed E-state index contributed by atoms with van der Waals surface area (Å²) in [5.74, 6) is -1.77. The van der Waals surface area contributed by atoms with Crippen molar-refractivity contribution in [3.8, 4) is 0 Å². The smallest absolute Gasteiger partial charge is 0.250 e. The second kappa shape index (κ2) is 34.0. The second-order valence-corrected chi connectivity index (χ2v) is 23.7. The minimum atomic E-state index is -2.76. The third-order valence-corrected chi connectivity index (χ3v) is 17.2. The molecule has 3 fully saturated rings. The molecule has 3 aliphatic heterocycles. The van der Waals surface area contributed by atoms with E-state index in [1.54, 1.807) is 72.8 Å². The van der Waals surface area contributed by atoms with Gasteiger partial charge in [-0.05, 0) is 72.4 Å². The van der Waals surface area contributed by atoms with E-state index in [4.69, 9.17) is 42.6 Å². The lowest BCUT2D eigenvalue weighted by Gasteiger charge is -2.39. The molecule has 28 nitrogen and oxygen atoms in total. The SMILES string of the molecule is O=C(CO[C@H]1O[C@H](CO)[C@@H](O)[C@H](O)[C@@H]1O)Nc1ccc(COCCCP(=O)(CCCOCc2ccc(NC(=O)CO[C@H]3O[C@H](CO)[C@@H](O)[C@H](O)[C@@H]3O)cc2)CCCOCc2ccc(NC(=O)CO[C@H]3O[C@H](CO)[C@@H](O)[C@H](O)[C@@H]3O)cc2)cc1. The van der Waals surface area contributed by atoms with Crippen LogP contribution in [0.25, 0.3) is 0 Å². The molecule has 0 unspecified atom stereocenters. The third kappa shape index (κ3) is 20.8. The Morgan fingerprint density at radius 2 is 0.651 bits per heavy atom. The van der Waals surface area contributed by atoms with E-state index in [-0.39, 0.29) is 19.8 Å². The Labute approximate surface area is 478 Å². The lowest BCUT2D eigenvalue weighted by atomic mass is 9.99. The van der Waals surface area contributed by atoms with Gasteiger partial charge < -0.3 is 124 Å². The lowest BCUT2D eigenvalue weighted by molar-refractivity contribution is -0.299. The number of nitrogens with one attached hydrogen (secondary N) is 3. The minimum absolute atomic E-state index is 0.237. The standard InChI is InChI=1S/C54H78N3O25P/c58-22-37-43(64)46(67)49(70)52(80-37)77-28-40(61)55-34-10-4-31(5-11-34)25-74-16-1-19-83(73,20-2-17-75-26-32-6-12-35(13-7-32)56-41(62)29-78-53-50(71)47(68)44(65)38(23-59)81-53)21-3-18-76-27-33-8-14-36(15-9-33)57-42(63)30-79-54-51(72)48(69)45(66)39(24-60)82-54/h4-15,37-39,43-54,58-60,64-72H,1-3,16-30H2,(H,55,61)(H,56,62)(H,57,63)/t37-,38-,39-,43-,44-,45-,46+,47+,48+,49+,50+,51+,52+,53+,54+/m1/s1. The Bertz CT molecular complexity index is 2200. The van der Waals surface area contributed by atoms with Crippen molar-refractivity contribution in [1.82, 2.24) is 0 Å². The van der Waals surface area contributed by atoms with E-state index >= 15 is 0 Å². The molecule has 3 aromatic carbocycles. The van der Waals surface area contributed by atoms with Gasteiger partial charge in [-0.15, -0.1) is 0 Å². The van der Waals surface area contributed by atoms with Crippen LogP contribution in [-0.2, 0) is 81.4 Å². The molecule has 0 bridgehead atoms. The Hall–Kier alpha value is -4.54. The van der Waals surface area contributed by atoms with Gasteiger partial charge in [-0.2, -0.15) is 0 Å². The van der Waals surface area contributed by atoms with Gasteiger partial charge in [0.15, 0.2) is 18.9 Å². The normalized spacial score (nSPS) is 28.4. The number of hydrogen-bond acceptors (Lipinski definition) is 25. The maximum Gasteiger partial charge on any atom is 0.250 e. The van der Waals surface area contributed by atoms with Gasteiger partial charge in [-0.3, -0.25) is 14.4 Å². The Balaban J connectivity index is 0.916. The first kappa shape index (κ1) is 67.6. The Morgan fingerprint density at radius 1 is 0.398 bits per heavy atom. The first-order chi connectivity index (χ1) is 39.8. The summed E-state index contributed by atoms with van der Waals surface area (Å²) >= 11 is 0. The van der Waals surface area contributed by atoms with Crippen molar-refractivity contribution in [2.45, 2.75) is 131 Å². The largest absolute Gasteiger partial charge is 0.394 e. The fraction of sp³-hybridized carbons (Fsp3) is 0.611. The van der Waals surface area contributed by atoms with Gasteiger partial charge in [-0.25, -0.2) is 0 Å². The van der Waals surface area contributed by atoms with Crippen LogP contribution in [0.3, 0.4) is 0 Å². The van der Waals surface area contributed by atoms with Gasteiger partial charge in [0.2, 0.25) is 17.7 Å². The van der Waals surface area contributed by atoms with Crippen molar-refractivity contribution in [2.75, 3.05) is 93.9 Å². The molecule has 29 heteroatoms. The van der Waals surface area contributed by atoms with E-state index in [1.165, 1.54) is 0 Å². The van der Waals surface area contributed by atoms with Crippen LogP contribution in [0.1, 0.15) is 36.0 Å². The van der Waals surface area contributed by atoms with Crippen LogP contribution in [0.15, 0.2) is 72.8 Å². The molecule has 15 N–H and O–H groups in total. The zero-order valence-electron chi connectivity index (χ0n) is 45.4. The molecule has 0 spiro atoms. The fourth-order valence-electron chi connectivity index (χ4n) is 9.00. The van der Waals surface area contributed by atoms with Gasteiger partial charge in [-0.1, -0.05) is 36.4 Å². The van der Waals surface area contributed by atoms with Crippen molar-refractivity contribution >= 4 is 41.9 Å². The van der Waals surface area contributed by atoms with Crippen LogP contribution in [0.4, 0.5) is 17.1 Å². The number of ether oxygens (including phenoxy) is 9. The fourth-order valence-corrected chi connectivity index (χ4v) is 11.8. The van der Waals surface area contributed by atoms with Gasteiger partial charge in [0, 0.05) is 55.4 Å². The average molecular weight is 1200 g/mol. The molecular weight excluding hydrogens is 1120 g/mol. The number of aliphatic hydroxyl groups excluding tert-OH is 12. The van der Waals surface area contributed by atoms with Crippen molar-refractivity contribution in [1.29, 1.82) is 0 Å². The van der Waals surface area contributed by atoms with E-state index < -0.39 is 157 Å². The highest BCUT2D eigenvalue weighted by Gasteiger charge is 2.46. The van der Waals surface area contributed by atoms with Crippen LogP contribution in [0.5, 0.6) is 0 Å². The predicted molar refractivity (Wildman–Crippen MR) is 289 cm³/mol. The average Bonchev–Trinajstić information content (AvgIpc) is 3.53. The highest BCUT2D eigenvalue weighted by molar-refractivity contribution is 7.63. The highest BCUT2D eigenvalue weighted by Crippen LogP contribution is 2.47. The highest BCUT2D eigenvalue weighted by atomic mass is 31.2. The molecule has 83 heavy (non-hydrogen) atoms. The molecule has 3 aromatic rings. The van der Waals surface area contributed by atoms with Crippen LogP contribution < -0.4 is 16.0 Å². The van der Waals surface area contributed by atoms with Gasteiger partial charge in [0.25, 0.3) is 0 Å². The topological polar surface area (TPSA) is 430 Å². The molecule has 6 rings (SSSR count). The quantitative estimate of drug-likeness (QED) is 0.0220. The maximum absolute atomic E-state index is 14.5. The molecule has 15 atom stereocenters. The summed E-state index contributed by atoms with van der Waals surface area (Å²) in [5.41, 5.74) is 3.72. The lowest BCUT2D eigenvalue weighted by Crippen LogP contribution is -2.59. The number of amides is 3. The summed E-state index contributed by atoms with van der Waals surface area (Å²) in [7, 11) is -2.76. The predicted octanol–water partition coefficient (Wildman–Crippen LogP) is -2.56. The Morgan fingerprint density at radius 3 is 0.892 bits per heavy atom. The van der Waals surface area contributed by atoms with Gasteiger partial charge in [0.05, 0.1) is 46.8 Å². The molecule has 0 aromatic heterocycles. The molecule has 0 radical (unpaired) electrons. The molecule has 3 aliphatic rings. The van der Waals surface area contributed by atoms with Crippen molar-refractivity contribution < 1.29 is 123 Å². The van der Waals surface area contributed by atoms with Crippen LogP contribution >= 0.6 is 7.14 Å². The molecular formula is C54H78N3O25P. The summed E-state index contributed by atoms with van der Waals surface area (Å²) in [6.07, 6.45) is -19.8. The van der Waals surface area contributed by atoms with Gasteiger partial charge >= 0.3 is 0 Å². The van der Waals surface area contributed by atoms with E-state index in [0.29, 0.717) is 74.6 Å². The molecule has 3 heterocycles. The summed E-state index contributed by atoms with van der Waals surface area (Å²) < 4.78 is 63.9. The summed E-state index contributed by atoms with van der Waals surface area (Å²) in [4.78, 5) is 37.7. The summed E-state index contributed by atoms with van der Waals surface area (Å²) in [6, 6.07) is 20.5. The molecule has 0 aliphatic carbocycles. The molecule has 0 saturated carbocycles. The summed E-state index contributed by atoms with van der Waals surface area (Å²) in [5, 5.41) is 126. The number of benzene rings is 3. The van der Waals surface area contributed by atoms with Crippen LogP contribution in [-0.4, -0.2) is 249 Å². The molecule has 3 saturated heterocycles. The number of carbonyl (C=O) groups excluding carboxylic acids is 3. The van der Waals surface area contributed by atoms with Crippen molar-refractivity contribution in [2.24, 2.45) is 0 Å². The van der Waals surface area contributed by atoms with Crippen molar-refractivity contribution in [3.05, 3.63) is 89.5 Å². The second-order valence-electron chi connectivity index (χ2n) is 20.2. The number of aliphatic hydroxyl groups is 12. The minimum Gasteiger partial charge on any atom is -0.394 e. The van der Waals surface area contributed by atoms with E-state index in [2.05, 4.69) is 16.0 Å². The summed E-state index contributed by atoms with van der Waals surface area (Å²) in [6.45, 7) is -1.94. The van der Waals surface area contributed by atoms with Crippen LogP contribution in [0, 0.1) is 0 Å². The van der Waals surface area contributed by atoms with Crippen LogP contribution in [0.2, 0.25) is 0 Å². The van der Waals surface area contributed by atoms with E-state index in [0.717, 1.165) is 16.7 Å². The first-order valence-corrected chi connectivity index (χ1v) is 29.3. The monoisotopic (exact) mass is 1200 g/mol. The molecule has 464 valence electrons. The maximum atomic E-state index is 14.5. The third-order valence-electron chi connectivity index (χ3n) is 13.8. The van der Waals surface area contributed by atoms with Crippen molar-refractivity contribution in [3.63, 3.8) is 0 Å².